The summed E-state index contributed by atoms with van der Waals surface area (Å²) >= 11 is 0. The molecule has 0 N–H and O–H groups in total. The Labute approximate surface area is 84.9 Å². The SMILES string of the molecule is CC1CN=Cc2cc(C(F)(F)F)cnc21. The molecule has 0 aromatic carbocycles. The molecule has 1 aromatic rings. The molecule has 15 heavy (non-hydrogen) atoms. The Hall–Kier alpha value is -1.39. The van der Waals surface area contributed by atoms with E-state index in [4.69, 9.17) is 0 Å². The van der Waals surface area contributed by atoms with E-state index in [1.54, 1.807) is 0 Å². The summed E-state index contributed by atoms with van der Waals surface area (Å²) < 4.78 is 37.1. The number of fused-ring (bicyclic) bond motifs is 1. The van der Waals surface area contributed by atoms with Gasteiger partial charge in [0.05, 0.1) is 11.3 Å². The number of alkyl halides is 3. The fourth-order valence-corrected chi connectivity index (χ4v) is 1.56. The Balaban J connectivity index is 2.48. The van der Waals surface area contributed by atoms with Crippen LogP contribution in [0.4, 0.5) is 13.2 Å². The number of hydrogen-bond donors (Lipinski definition) is 0. The van der Waals surface area contributed by atoms with Crippen LogP contribution in [-0.2, 0) is 6.18 Å². The zero-order valence-electron chi connectivity index (χ0n) is 8.04. The van der Waals surface area contributed by atoms with Gasteiger partial charge in [0.1, 0.15) is 0 Å². The number of halogens is 3. The standard InChI is InChI=1S/C10H9F3N2/c1-6-3-14-4-7-2-8(10(11,12)13)5-15-9(6)7/h2,4-6H,3H2,1H3. The van der Waals surface area contributed by atoms with Gasteiger partial charge in [-0.1, -0.05) is 6.92 Å². The van der Waals surface area contributed by atoms with Crippen molar-refractivity contribution in [1.29, 1.82) is 0 Å². The highest BCUT2D eigenvalue weighted by molar-refractivity contribution is 5.82. The lowest BCUT2D eigenvalue weighted by atomic mass is 9.99. The molecule has 1 unspecified atom stereocenters. The molecule has 2 heterocycles. The van der Waals surface area contributed by atoms with Crippen LogP contribution in [0.3, 0.4) is 0 Å². The molecule has 1 aliphatic rings. The summed E-state index contributed by atoms with van der Waals surface area (Å²) in [6, 6.07) is 1.10. The van der Waals surface area contributed by atoms with Crippen LogP contribution in [-0.4, -0.2) is 17.7 Å². The van der Waals surface area contributed by atoms with Gasteiger partial charge in [0.15, 0.2) is 0 Å². The second-order valence-electron chi connectivity index (χ2n) is 3.59. The third-order valence-corrected chi connectivity index (χ3v) is 2.35. The van der Waals surface area contributed by atoms with E-state index in [1.165, 1.54) is 6.21 Å². The summed E-state index contributed by atoms with van der Waals surface area (Å²) in [7, 11) is 0. The minimum Gasteiger partial charge on any atom is -0.292 e. The molecule has 0 radical (unpaired) electrons. The molecule has 1 aromatic heterocycles. The van der Waals surface area contributed by atoms with Crippen LogP contribution in [0, 0.1) is 0 Å². The van der Waals surface area contributed by atoms with E-state index in [0.29, 0.717) is 17.8 Å². The summed E-state index contributed by atoms with van der Waals surface area (Å²) in [5.41, 5.74) is 0.448. The molecule has 1 aliphatic heterocycles. The van der Waals surface area contributed by atoms with Crippen molar-refractivity contribution >= 4 is 6.21 Å². The maximum Gasteiger partial charge on any atom is 0.417 e. The van der Waals surface area contributed by atoms with E-state index in [0.717, 1.165) is 12.3 Å². The minimum atomic E-state index is -4.34. The van der Waals surface area contributed by atoms with Gasteiger partial charge in [0.25, 0.3) is 0 Å². The quantitative estimate of drug-likeness (QED) is 0.651. The van der Waals surface area contributed by atoms with Gasteiger partial charge in [0, 0.05) is 30.4 Å². The van der Waals surface area contributed by atoms with E-state index < -0.39 is 11.7 Å². The lowest BCUT2D eigenvalue weighted by molar-refractivity contribution is -0.137. The van der Waals surface area contributed by atoms with Crippen molar-refractivity contribution in [2.24, 2.45) is 4.99 Å². The summed E-state index contributed by atoms with van der Waals surface area (Å²) in [6.07, 6.45) is -2.00. The zero-order chi connectivity index (χ0) is 11.1. The first kappa shape index (κ1) is 10.1. The summed E-state index contributed by atoms with van der Waals surface area (Å²) in [4.78, 5) is 7.85. The lowest BCUT2D eigenvalue weighted by Gasteiger charge is -2.17. The third-order valence-electron chi connectivity index (χ3n) is 2.35. The molecule has 80 valence electrons. The molecule has 5 heteroatoms. The molecular formula is C10H9F3N2. The van der Waals surface area contributed by atoms with Crippen molar-refractivity contribution in [3.63, 3.8) is 0 Å². The van der Waals surface area contributed by atoms with Gasteiger partial charge in [-0.2, -0.15) is 13.2 Å². The summed E-state index contributed by atoms with van der Waals surface area (Å²) in [5, 5.41) is 0. The zero-order valence-corrected chi connectivity index (χ0v) is 8.04. The predicted molar refractivity (Wildman–Crippen MR) is 50.1 cm³/mol. The number of hydrogen-bond acceptors (Lipinski definition) is 2. The molecule has 0 aliphatic carbocycles. The van der Waals surface area contributed by atoms with Crippen LogP contribution in [0.15, 0.2) is 17.3 Å². The van der Waals surface area contributed by atoms with Gasteiger partial charge in [-0.05, 0) is 6.07 Å². The molecule has 0 saturated heterocycles. The summed E-state index contributed by atoms with van der Waals surface area (Å²) in [6.45, 7) is 2.49. The molecule has 2 rings (SSSR count). The van der Waals surface area contributed by atoms with E-state index in [1.807, 2.05) is 6.92 Å². The number of rotatable bonds is 0. The molecule has 1 atom stereocenters. The first-order valence-corrected chi connectivity index (χ1v) is 4.55. The van der Waals surface area contributed by atoms with Gasteiger partial charge >= 0.3 is 6.18 Å². The van der Waals surface area contributed by atoms with Crippen LogP contribution in [0.5, 0.6) is 0 Å². The molecule has 0 bridgehead atoms. The Morgan fingerprint density at radius 3 is 2.80 bits per heavy atom. The van der Waals surface area contributed by atoms with Gasteiger partial charge in [-0.25, -0.2) is 0 Å². The largest absolute Gasteiger partial charge is 0.417 e. The summed E-state index contributed by atoms with van der Waals surface area (Å²) in [5.74, 6) is 0.0901. The van der Waals surface area contributed by atoms with Gasteiger partial charge in [0.2, 0.25) is 0 Å². The number of aliphatic imine (C=N–C) groups is 1. The van der Waals surface area contributed by atoms with Crippen molar-refractivity contribution in [1.82, 2.24) is 4.98 Å². The Morgan fingerprint density at radius 1 is 1.40 bits per heavy atom. The molecular weight excluding hydrogens is 205 g/mol. The second-order valence-corrected chi connectivity index (χ2v) is 3.59. The Morgan fingerprint density at radius 2 is 2.13 bits per heavy atom. The van der Waals surface area contributed by atoms with Crippen LogP contribution >= 0.6 is 0 Å². The van der Waals surface area contributed by atoms with Crippen molar-refractivity contribution < 1.29 is 13.2 Å². The van der Waals surface area contributed by atoms with E-state index >= 15 is 0 Å². The topological polar surface area (TPSA) is 25.2 Å². The molecule has 0 saturated carbocycles. The molecule has 0 spiro atoms. The van der Waals surface area contributed by atoms with Crippen molar-refractivity contribution in [2.45, 2.75) is 19.0 Å². The van der Waals surface area contributed by atoms with Crippen LogP contribution in [0.25, 0.3) is 0 Å². The van der Waals surface area contributed by atoms with E-state index in [9.17, 15) is 13.2 Å². The fraction of sp³-hybridized carbons (Fsp3) is 0.400. The first-order valence-electron chi connectivity index (χ1n) is 4.55. The minimum absolute atomic E-state index is 0.0901. The van der Waals surface area contributed by atoms with Crippen molar-refractivity contribution in [3.8, 4) is 0 Å². The number of pyridine rings is 1. The number of nitrogens with zero attached hydrogens (tertiary/aromatic N) is 2. The van der Waals surface area contributed by atoms with Gasteiger partial charge in [-0.15, -0.1) is 0 Å². The Bertz CT molecular complexity index is 410. The van der Waals surface area contributed by atoms with Crippen LogP contribution < -0.4 is 0 Å². The highest BCUT2D eigenvalue weighted by Gasteiger charge is 2.32. The second kappa shape index (κ2) is 3.32. The molecule has 0 fully saturated rings. The maximum atomic E-state index is 12.4. The highest BCUT2D eigenvalue weighted by atomic mass is 19.4. The van der Waals surface area contributed by atoms with Crippen LogP contribution in [0.2, 0.25) is 0 Å². The fourth-order valence-electron chi connectivity index (χ4n) is 1.56. The van der Waals surface area contributed by atoms with E-state index in [-0.39, 0.29) is 5.92 Å². The molecule has 2 nitrogen and oxygen atoms in total. The average molecular weight is 214 g/mol. The number of aromatic nitrogens is 1. The Kier molecular flexibility index (Phi) is 2.25. The van der Waals surface area contributed by atoms with Crippen LogP contribution in [0.1, 0.15) is 29.7 Å². The third kappa shape index (κ3) is 1.86. The molecule has 0 amide bonds. The van der Waals surface area contributed by atoms with Gasteiger partial charge < -0.3 is 0 Å². The predicted octanol–water partition coefficient (Wildman–Crippen LogP) is 2.64. The van der Waals surface area contributed by atoms with Crippen molar-refractivity contribution in [2.75, 3.05) is 6.54 Å². The average Bonchev–Trinajstić information content (AvgIpc) is 2.16. The van der Waals surface area contributed by atoms with E-state index in [2.05, 4.69) is 9.98 Å². The lowest BCUT2D eigenvalue weighted by Crippen LogP contribution is -2.14. The van der Waals surface area contributed by atoms with Crippen molar-refractivity contribution in [3.05, 3.63) is 29.1 Å². The van der Waals surface area contributed by atoms with Gasteiger partial charge in [-0.3, -0.25) is 9.98 Å². The normalized spacial score (nSPS) is 20.1. The smallest absolute Gasteiger partial charge is 0.292 e. The highest BCUT2D eigenvalue weighted by Crippen LogP contribution is 2.31. The maximum absolute atomic E-state index is 12.4. The monoisotopic (exact) mass is 214 g/mol. The first-order chi connectivity index (χ1) is 6.98.